The molecule has 3 atom stereocenters. The number of halogens is 1. The first kappa shape index (κ1) is 34.2. The van der Waals surface area contributed by atoms with Crippen molar-refractivity contribution in [1.29, 1.82) is 0 Å². The molecule has 46 heavy (non-hydrogen) atoms. The van der Waals surface area contributed by atoms with Crippen LogP contribution in [0.1, 0.15) is 49.7 Å². The summed E-state index contributed by atoms with van der Waals surface area (Å²) in [6.07, 6.45) is 4.65. The van der Waals surface area contributed by atoms with E-state index in [1.54, 1.807) is 48.2 Å². The number of fused-ring (bicyclic) bond motifs is 1. The van der Waals surface area contributed by atoms with E-state index in [0.29, 0.717) is 30.2 Å². The summed E-state index contributed by atoms with van der Waals surface area (Å²) in [4.78, 5) is 46.7. The number of thiazole rings is 1. The van der Waals surface area contributed by atoms with Gasteiger partial charge < -0.3 is 19.8 Å². The van der Waals surface area contributed by atoms with Gasteiger partial charge in [-0.2, -0.15) is 4.31 Å². The molecule has 3 aromatic rings. The maximum absolute atomic E-state index is 14.2. The molecule has 11 nitrogen and oxygen atoms in total. The second-order valence-corrected chi connectivity index (χ2v) is 15.4. The molecule has 3 saturated heterocycles. The SMILES string of the molecule is Cc1nc(CN([C@H]2CCN([C@@H](C)C(=O)N3CCC[C@H]3CN3CCCC3)C2=O)S(=O)(=O)c2ccc3cc(Cl)ccc3c2)cs1.O=CO. The Hall–Kier alpha value is -3.10. The van der Waals surface area contributed by atoms with Crippen LogP contribution in [-0.2, 0) is 31.0 Å². The van der Waals surface area contributed by atoms with Crippen molar-refractivity contribution in [3.8, 4) is 0 Å². The van der Waals surface area contributed by atoms with Crippen LogP contribution < -0.4 is 0 Å². The fourth-order valence-electron chi connectivity index (χ4n) is 6.78. The fourth-order valence-corrected chi connectivity index (χ4v) is 9.19. The topological polar surface area (TPSA) is 131 Å². The minimum absolute atomic E-state index is 0.0259. The third kappa shape index (κ3) is 7.38. The molecule has 1 aromatic heterocycles. The maximum atomic E-state index is 14.2. The molecule has 2 aromatic carbocycles. The largest absolute Gasteiger partial charge is 0.483 e. The molecule has 0 aliphatic carbocycles. The average Bonchev–Trinajstić information content (AvgIpc) is 3.85. The molecule has 14 heteroatoms. The van der Waals surface area contributed by atoms with Gasteiger partial charge in [0.2, 0.25) is 21.8 Å². The Bertz CT molecular complexity index is 1680. The molecular weight excluding hydrogens is 650 g/mol. The van der Waals surface area contributed by atoms with Crippen LogP contribution in [0, 0.1) is 6.92 Å². The molecule has 248 valence electrons. The third-order valence-corrected chi connectivity index (χ3v) is 12.0. The van der Waals surface area contributed by atoms with Crippen molar-refractivity contribution in [2.45, 2.75) is 75.5 Å². The zero-order chi connectivity index (χ0) is 33.0. The second-order valence-electron chi connectivity index (χ2n) is 12.0. The number of hydrogen-bond acceptors (Lipinski definition) is 8. The average molecular weight is 690 g/mol. The number of carboxylic acid groups (broad SMARTS) is 1. The molecule has 3 aliphatic rings. The van der Waals surface area contributed by atoms with Gasteiger partial charge in [-0.25, -0.2) is 13.4 Å². The van der Waals surface area contributed by atoms with Gasteiger partial charge in [0.05, 0.1) is 22.1 Å². The first-order valence-corrected chi connectivity index (χ1v) is 18.3. The Labute approximate surface area is 278 Å². The van der Waals surface area contributed by atoms with Gasteiger partial charge in [0.1, 0.15) is 12.1 Å². The number of hydrogen-bond donors (Lipinski definition) is 1. The molecule has 2 amide bonds. The summed E-state index contributed by atoms with van der Waals surface area (Å²) in [5, 5.41) is 11.7. The first-order valence-electron chi connectivity index (χ1n) is 15.6. The van der Waals surface area contributed by atoms with Crippen LogP contribution in [-0.4, -0.2) is 107 Å². The van der Waals surface area contributed by atoms with Crippen molar-refractivity contribution in [2.24, 2.45) is 0 Å². The van der Waals surface area contributed by atoms with Gasteiger partial charge in [-0.3, -0.25) is 14.4 Å². The van der Waals surface area contributed by atoms with Crippen LogP contribution in [0.3, 0.4) is 0 Å². The van der Waals surface area contributed by atoms with Crippen molar-refractivity contribution < 1.29 is 27.9 Å². The Morgan fingerprint density at radius 3 is 2.50 bits per heavy atom. The van der Waals surface area contributed by atoms with E-state index in [1.165, 1.54) is 28.5 Å². The quantitative estimate of drug-likeness (QED) is 0.331. The highest BCUT2D eigenvalue weighted by Crippen LogP contribution is 2.31. The Kier molecular flexibility index (Phi) is 11.0. The number of nitrogens with zero attached hydrogens (tertiary/aromatic N) is 5. The van der Waals surface area contributed by atoms with Crippen LogP contribution in [0.5, 0.6) is 0 Å². The normalized spacial score (nSPS) is 21.2. The zero-order valence-corrected chi connectivity index (χ0v) is 28.4. The van der Waals surface area contributed by atoms with E-state index in [1.807, 2.05) is 17.2 Å². The van der Waals surface area contributed by atoms with Crippen LogP contribution in [0.15, 0.2) is 46.7 Å². The summed E-state index contributed by atoms with van der Waals surface area (Å²) in [6.45, 7) is 7.43. The summed E-state index contributed by atoms with van der Waals surface area (Å²) in [7, 11) is -4.10. The molecule has 3 fully saturated rings. The highest BCUT2D eigenvalue weighted by molar-refractivity contribution is 7.89. The molecule has 1 N–H and O–H groups in total. The second kappa shape index (κ2) is 14.8. The van der Waals surface area contributed by atoms with E-state index in [9.17, 15) is 18.0 Å². The molecular formula is C32H40ClN5O6S2. The van der Waals surface area contributed by atoms with E-state index < -0.39 is 22.1 Å². The summed E-state index contributed by atoms with van der Waals surface area (Å²) in [5.74, 6) is -0.382. The van der Waals surface area contributed by atoms with Crippen LogP contribution in [0.2, 0.25) is 5.02 Å². The smallest absolute Gasteiger partial charge is 0.290 e. The van der Waals surface area contributed by atoms with E-state index >= 15 is 0 Å². The number of sulfonamides is 1. The Balaban J connectivity index is 0.00000134. The lowest BCUT2D eigenvalue weighted by molar-refractivity contribution is -0.144. The first-order chi connectivity index (χ1) is 22.0. The minimum Gasteiger partial charge on any atom is -0.483 e. The lowest BCUT2D eigenvalue weighted by Gasteiger charge is -2.34. The molecule has 3 aliphatic heterocycles. The summed E-state index contributed by atoms with van der Waals surface area (Å²) in [6, 6.07) is 8.79. The molecule has 0 unspecified atom stereocenters. The number of carbonyl (C=O) groups is 3. The summed E-state index contributed by atoms with van der Waals surface area (Å²) < 4.78 is 29.8. The van der Waals surface area contributed by atoms with Crippen LogP contribution in [0.25, 0.3) is 10.8 Å². The lowest BCUT2D eigenvalue weighted by atomic mass is 10.1. The summed E-state index contributed by atoms with van der Waals surface area (Å²) in [5.41, 5.74) is 0.593. The monoisotopic (exact) mass is 689 g/mol. The number of carbonyl (C=O) groups excluding carboxylic acids is 2. The number of rotatable bonds is 9. The number of likely N-dealkylation sites (tertiary alicyclic amines) is 3. The zero-order valence-electron chi connectivity index (χ0n) is 26.0. The number of amides is 2. The maximum Gasteiger partial charge on any atom is 0.290 e. The number of benzene rings is 2. The molecule has 0 spiro atoms. The van der Waals surface area contributed by atoms with Crippen LogP contribution >= 0.6 is 22.9 Å². The lowest BCUT2D eigenvalue weighted by Crippen LogP contribution is -2.53. The third-order valence-electron chi connectivity index (χ3n) is 9.08. The van der Waals surface area contributed by atoms with E-state index in [2.05, 4.69) is 9.88 Å². The minimum atomic E-state index is -4.10. The van der Waals surface area contributed by atoms with E-state index in [4.69, 9.17) is 21.5 Å². The van der Waals surface area contributed by atoms with E-state index in [0.717, 1.165) is 48.3 Å². The molecule has 6 rings (SSSR count). The predicted octanol–water partition coefficient (Wildman–Crippen LogP) is 4.23. The van der Waals surface area contributed by atoms with Gasteiger partial charge >= 0.3 is 0 Å². The van der Waals surface area contributed by atoms with Gasteiger partial charge in [0.25, 0.3) is 6.47 Å². The molecule has 0 saturated carbocycles. The van der Waals surface area contributed by atoms with Gasteiger partial charge in [-0.15, -0.1) is 11.3 Å². The van der Waals surface area contributed by atoms with E-state index in [-0.39, 0.29) is 35.8 Å². The van der Waals surface area contributed by atoms with Crippen molar-refractivity contribution >= 4 is 62.0 Å². The van der Waals surface area contributed by atoms with Gasteiger partial charge in [-0.05, 0) is 94.1 Å². The van der Waals surface area contributed by atoms with Crippen LogP contribution in [0.4, 0.5) is 0 Å². The molecule has 0 radical (unpaired) electrons. The van der Waals surface area contributed by atoms with Gasteiger partial charge in [-0.1, -0.05) is 23.7 Å². The number of aromatic nitrogens is 1. The number of aryl methyl sites for hydroxylation is 1. The Morgan fingerprint density at radius 2 is 1.80 bits per heavy atom. The van der Waals surface area contributed by atoms with Crippen molar-refractivity contribution in [1.82, 2.24) is 24.0 Å². The standard InChI is InChI=1S/C31H38ClN5O4S2.CH2O2/c1-21(30(38)36-14-5-6-27(36)19-34-12-3-4-13-34)35-15-11-29(31(35)39)37(18-26-20-42-22(2)33-26)43(40,41)28-10-8-23-16-25(32)9-7-24(23)17-28;2-1-3/h7-10,16-17,20-21,27,29H,3-6,11-15,18-19H2,1-2H3;1H,(H,2,3)/t21-,27-,29-;/m0./s1. The highest BCUT2D eigenvalue weighted by Gasteiger charge is 2.46. The van der Waals surface area contributed by atoms with Crippen molar-refractivity contribution in [3.63, 3.8) is 0 Å². The Morgan fingerprint density at radius 1 is 1.11 bits per heavy atom. The molecule has 4 heterocycles. The highest BCUT2D eigenvalue weighted by atomic mass is 35.5. The van der Waals surface area contributed by atoms with Crippen molar-refractivity contribution in [2.75, 3.05) is 32.7 Å². The van der Waals surface area contributed by atoms with Gasteiger partial charge in [0, 0.05) is 36.1 Å². The fraction of sp³-hybridized carbons (Fsp3) is 0.500. The predicted molar refractivity (Wildman–Crippen MR) is 177 cm³/mol. The van der Waals surface area contributed by atoms with Crippen molar-refractivity contribution in [3.05, 3.63) is 57.5 Å². The summed E-state index contributed by atoms with van der Waals surface area (Å²) >= 11 is 7.58. The van der Waals surface area contributed by atoms with Gasteiger partial charge in [0.15, 0.2) is 0 Å². The molecule has 0 bridgehead atoms.